The van der Waals surface area contributed by atoms with Crippen LogP contribution >= 0.6 is 0 Å². The SMILES string of the molecule is CC(C)(C)NC(=O)N1CCN(c2ccc(NC(=O)c3cccc(F)c3)cc2C(=O)N2CCOCC2)CC1. The van der Waals surface area contributed by atoms with Crippen molar-refractivity contribution in [3.8, 4) is 0 Å². The van der Waals surface area contributed by atoms with Crippen molar-refractivity contribution in [1.29, 1.82) is 0 Å². The fourth-order valence-corrected chi connectivity index (χ4v) is 4.38. The molecule has 2 aromatic rings. The number of morpholine rings is 1. The zero-order chi connectivity index (χ0) is 26.6. The van der Waals surface area contributed by atoms with Crippen molar-refractivity contribution in [2.75, 3.05) is 62.7 Å². The normalized spacial score (nSPS) is 16.4. The van der Waals surface area contributed by atoms with Gasteiger partial charge in [-0.2, -0.15) is 0 Å². The molecule has 2 aromatic carbocycles. The van der Waals surface area contributed by atoms with Crippen LogP contribution in [0.15, 0.2) is 42.5 Å². The van der Waals surface area contributed by atoms with Gasteiger partial charge in [-0.1, -0.05) is 6.07 Å². The molecule has 2 heterocycles. The Bertz CT molecular complexity index is 1150. The van der Waals surface area contributed by atoms with Gasteiger partial charge in [-0.05, 0) is 57.2 Å². The first-order valence-electron chi connectivity index (χ1n) is 12.5. The van der Waals surface area contributed by atoms with E-state index in [9.17, 15) is 18.8 Å². The number of urea groups is 1. The van der Waals surface area contributed by atoms with Gasteiger partial charge in [-0.3, -0.25) is 9.59 Å². The maximum atomic E-state index is 13.6. The van der Waals surface area contributed by atoms with Crippen LogP contribution in [0, 0.1) is 5.82 Å². The quantitative estimate of drug-likeness (QED) is 0.658. The molecule has 10 heteroatoms. The molecule has 9 nitrogen and oxygen atoms in total. The third-order valence-corrected chi connectivity index (χ3v) is 6.26. The van der Waals surface area contributed by atoms with Crippen molar-refractivity contribution in [3.05, 3.63) is 59.4 Å². The molecule has 4 amide bonds. The van der Waals surface area contributed by atoms with Gasteiger partial charge in [0.1, 0.15) is 5.82 Å². The van der Waals surface area contributed by atoms with Crippen LogP contribution in [0.3, 0.4) is 0 Å². The third kappa shape index (κ3) is 6.76. The van der Waals surface area contributed by atoms with Gasteiger partial charge >= 0.3 is 6.03 Å². The monoisotopic (exact) mass is 511 g/mol. The molecule has 0 aliphatic carbocycles. The fraction of sp³-hybridized carbons (Fsp3) is 0.444. The smallest absolute Gasteiger partial charge is 0.317 e. The zero-order valence-electron chi connectivity index (χ0n) is 21.6. The Morgan fingerprint density at radius 1 is 0.892 bits per heavy atom. The first-order chi connectivity index (χ1) is 17.6. The maximum absolute atomic E-state index is 13.6. The van der Waals surface area contributed by atoms with Gasteiger partial charge in [0.15, 0.2) is 0 Å². The molecule has 0 radical (unpaired) electrons. The van der Waals surface area contributed by atoms with Crippen molar-refractivity contribution in [2.45, 2.75) is 26.3 Å². The summed E-state index contributed by atoms with van der Waals surface area (Å²) in [6.07, 6.45) is 0. The summed E-state index contributed by atoms with van der Waals surface area (Å²) >= 11 is 0. The van der Waals surface area contributed by atoms with E-state index in [1.807, 2.05) is 26.8 Å². The molecule has 0 spiro atoms. The first-order valence-corrected chi connectivity index (χ1v) is 12.5. The summed E-state index contributed by atoms with van der Waals surface area (Å²) in [5.41, 5.74) is 1.52. The minimum atomic E-state index is -0.499. The Balaban J connectivity index is 1.54. The standard InChI is InChI=1S/C27H34FN5O4/c1-27(2,3)30-26(36)33-11-9-31(10-12-33)23-8-7-21(29-24(34)19-5-4-6-20(28)17-19)18-22(23)25(35)32-13-15-37-16-14-32/h4-8,17-18H,9-16H2,1-3H3,(H,29,34)(H,30,36). The summed E-state index contributed by atoms with van der Waals surface area (Å²) in [4.78, 5) is 44.4. The highest BCUT2D eigenvalue weighted by Crippen LogP contribution is 2.28. The molecule has 4 rings (SSSR count). The van der Waals surface area contributed by atoms with Crippen molar-refractivity contribution in [1.82, 2.24) is 15.1 Å². The van der Waals surface area contributed by atoms with Crippen LogP contribution in [-0.4, -0.2) is 85.7 Å². The highest BCUT2D eigenvalue weighted by Gasteiger charge is 2.28. The Morgan fingerprint density at radius 2 is 1.59 bits per heavy atom. The lowest BCUT2D eigenvalue weighted by Crippen LogP contribution is -2.55. The second kappa shape index (κ2) is 11.2. The largest absolute Gasteiger partial charge is 0.378 e. The molecular weight excluding hydrogens is 477 g/mol. The minimum absolute atomic E-state index is 0.104. The average Bonchev–Trinajstić information content (AvgIpc) is 2.88. The summed E-state index contributed by atoms with van der Waals surface area (Å²) in [5.74, 6) is -1.11. The van der Waals surface area contributed by atoms with Crippen molar-refractivity contribution < 1.29 is 23.5 Å². The lowest BCUT2D eigenvalue weighted by Gasteiger charge is -2.38. The number of carbonyl (C=O) groups is 3. The summed E-state index contributed by atoms with van der Waals surface area (Å²) in [5, 5.41) is 5.77. The zero-order valence-corrected chi connectivity index (χ0v) is 21.6. The molecule has 2 fully saturated rings. The van der Waals surface area contributed by atoms with Crippen molar-refractivity contribution >= 4 is 29.2 Å². The number of benzene rings is 2. The lowest BCUT2D eigenvalue weighted by molar-refractivity contribution is 0.0303. The van der Waals surface area contributed by atoms with E-state index in [-0.39, 0.29) is 23.0 Å². The number of halogens is 1. The van der Waals surface area contributed by atoms with Crippen LogP contribution in [0.25, 0.3) is 0 Å². The van der Waals surface area contributed by atoms with Crippen molar-refractivity contribution in [3.63, 3.8) is 0 Å². The average molecular weight is 512 g/mol. The van der Waals surface area contributed by atoms with Crippen LogP contribution in [-0.2, 0) is 4.74 Å². The van der Waals surface area contributed by atoms with Gasteiger partial charge in [0.2, 0.25) is 0 Å². The molecule has 2 saturated heterocycles. The van der Waals surface area contributed by atoms with Crippen LogP contribution in [0.4, 0.5) is 20.6 Å². The fourth-order valence-electron chi connectivity index (χ4n) is 4.38. The molecule has 37 heavy (non-hydrogen) atoms. The lowest BCUT2D eigenvalue weighted by atomic mass is 10.1. The highest BCUT2D eigenvalue weighted by atomic mass is 19.1. The summed E-state index contributed by atoms with van der Waals surface area (Å²) in [6, 6.07) is 10.6. The molecule has 198 valence electrons. The number of nitrogens with zero attached hydrogens (tertiary/aromatic N) is 3. The molecular formula is C27H34FN5O4. The molecule has 0 aromatic heterocycles. The van der Waals surface area contributed by atoms with E-state index in [1.165, 1.54) is 24.3 Å². The van der Waals surface area contributed by atoms with E-state index in [1.54, 1.807) is 21.9 Å². The summed E-state index contributed by atoms with van der Waals surface area (Å²) in [6.45, 7) is 9.91. The molecule has 2 N–H and O–H groups in total. The molecule has 2 aliphatic rings. The van der Waals surface area contributed by atoms with Gasteiger partial charge in [-0.15, -0.1) is 0 Å². The van der Waals surface area contributed by atoms with Gasteiger partial charge in [-0.25, -0.2) is 9.18 Å². The number of piperazine rings is 1. The number of nitrogens with one attached hydrogen (secondary N) is 2. The van der Waals surface area contributed by atoms with Gasteiger partial charge in [0.25, 0.3) is 11.8 Å². The van der Waals surface area contributed by atoms with Crippen LogP contribution in [0.1, 0.15) is 41.5 Å². The van der Waals surface area contributed by atoms with Crippen LogP contribution in [0.5, 0.6) is 0 Å². The van der Waals surface area contributed by atoms with Gasteiger partial charge < -0.3 is 30.1 Å². The van der Waals surface area contributed by atoms with E-state index >= 15 is 0 Å². The highest BCUT2D eigenvalue weighted by molar-refractivity contribution is 6.06. The second-order valence-electron chi connectivity index (χ2n) is 10.3. The topological polar surface area (TPSA) is 94.2 Å². The van der Waals surface area contributed by atoms with Crippen molar-refractivity contribution in [2.24, 2.45) is 0 Å². The Kier molecular flexibility index (Phi) is 7.97. The Morgan fingerprint density at radius 3 is 2.24 bits per heavy atom. The molecule has 0 unspecified atom stereocenters. The van der Waals surface area contributed by atoms with Gasteiger partial charge in [0.05, 0.1) is 18.8 Å². The Labute approximate surface area is 216 Å². The number of rotatable bonds is 4. The molecule has 0 bridgehead atoms. The molecule has 0 saturated carbocycles. The minimum Gasteiger partial charge on any atom is -0.378 e. The third-order valence-electron chi connectivity index (χ3n) is 6.26. The Hall–Kier alpha value is -3.66. The number of hydrogen-bond acceptors (Lipinski definition) is 5. The van der Waals surface area contributed by atoms with Crippen LogP contribution < -0.4 is 15.5 Å². The number of hydrogen-bond donors (Lipinski definition) is 2. The van der Waals surface area contributed by atoms with E-state index < -0.39 is 11.7 Å². The number of amides is 4. The van der Waals surface area contributed by atoms with E-state index in [4.69, 9.17) is 4.74 Å². The molecule has 0 atom stereocenters. The summed E-state index contributed by atoms with van der Waals surface area (Å²) < 4.78 is 19.0. The molecule has 2 aliphatic heterocycles. The van der Waals surface area contributed by atoms with Gasteiger partial charge in [0, 0.05) is 61.7 Å². The number of ether oxygens (including phenoxy) is 1. The van der Waals surface area contributed by atoms with E-state index in [0.717, 1.165) is 5.69 Å². The van der Waals surface area contributed by atoms with Crippen LogP contribution in [0.2, 0.25) is 0 Å². The van der Waals surface area contributed by atoms with E-state index in [2.05, 4.69) is 15.5 Å². The predicted molar refractivity (Wildman–Crippen MR) is 140 cm³/mol. The first kappa shape index (κ1) is 26.4. The summed E-state index contributed by atoms with van der Waals surface area (Å²) in [7, 11) is 0. The second-order valence-corrected chi connectivity index (χ2v) is 10.3. The van der Waals surface area contributed by atoms with E-state index in [0.29, 0.717) is 63.7 Å². The number of carbonyl (C=O) groups excluding carboxylic acids is 3. The predicted octanol–water partition coefficient (Wildman–Crippen LogP) is 3.18. The maximum Gasteiger partial charge on any atom is 0.317 e. The number of anilines is 2.